The molecule has 0 unspecified atom stereocenters. The van der Waals surface area contributed by atoms with Crippen molar-refractivity contribution in [2.75, 3.05) is 19.7 Å². The van der Waals surface area contributed by atoms with Crippen LogP contribution in [0.1, 0.15) is 29.0 Å². The van der Waals surface area contributed by atoms with E-state index in [1.807, 2.05) is 6.07 Å². The standard InChI is InChI=1S/C20H22N2O4/c23-14-15-6-4-10-22(13-15)20(25)18(12-17-9-5-11-26-17)21-19(24)16-7-2-1-3-8-16/h1-3,5,7-9,11-12,15,23H,4,6,10,13-14H2,(H,21,24)/b18-12-/t15-/m1/s1. The molecule has 2 aromatic rings. The molecule has 1 atom stereocenters. The van der Waals surface area contributed by atoms with Crippen LogP contribution in [0.4, 0.5) is 0 Å². The third kappa shape index (κ3) is 4.40. The molecular formula is C20H22N2O4. The minimum atomic E-state index is -0.354. The van der Waals surface area contributed by atoms with Crippen LogP contribution in [0.15, 0.2) is 58.8 Å². The number of benzene rings is 1. The number of hydrogen-bond donors (Lipinski definition) is 2. The first-order valence-corrected chi connectivity index (χ1v) is 8.69. The Morgan fingerprint density at radius 3 is 2.73 bits per heavy atom. The molecule has 1 saturated heterocycles. The Labute approximate surface area is 152 Å². The molecule has 1 aromatic heterocycles. The summed E-state index contributed by atoms with van der Waals surface area (Å²) in [5.41, 5.74) is 0.630. The third-order valence-electron chi connectivity index (χ3n) is 4.41. The molecule has 0 bridgehead atoms. The lowest BCUT2D eigenvalue weighted by Crippen LogP contribution is -2.44. The summed E-state index contributed by atoms with van der Waals surface area (Å²) in [6.45, 7) is 1.13. The normalized spacial score (nSPS) is 17.8. The summed E-state index contributed by atoms with van der Waals surface area (Å²) in [6.07, 6.45) is 4.77. The predicted octanol–water partition coefficient (Wildman–Crippen LogP) is 2.28. The van der Waals surface area contributed by atoms with Crippen LogP contribution >= 0.6 is 0 Å². The molecule has 0 spiro atoms. The molecule has 1 aliphatic heterocycles. The molecule has 0 aliphatic carbocycles. The van der Waals surface area contributed by atoms with Crippen molar-refractivity contribution in [1.82, 2.24) is 10.2 Å². The van der Waals surface area contributed by atoms with Crippen LogP contribution in [-0.2, 0) is 4.79 Å². The van der Waals surface area contributed by atoms with Crippen molar-refractivity contribution in [3.63, 3.8) is 0 Å². The molecule has 3 rings (SSSR count). The number of likely N-dealkylation sites (tertiary alicyclic amines) is 1. The zero-order chi connectivity index (χ0) is 18.4. The summed E-state index contributed by atoms with van der Waals surface area (Å²) >= 11 is 0. The number of aliphatic hydroxyl groups excluding tert-OH is 1. The van der Waals surface area contributed by atoms with Crippen molar-refractivity contribution in [2.24, 2.45) is 5.92 Å². The van der Waals surface area contributed by atoms with Gasteiger partial charge in [0.2, 0.25) is 0 Å². The molecule has 1 fully saturated rings. The van der Waals surface area contributed by atoms with Crippen LogP contribution in [0.25, 0.3) is 6.08 Å². The number of piperidine rings is 1. The van der Waals surface area contributed by atoms with Gasteiger partial charge >= 0.3 is 0 Å². The molecule has 6 nitrogen and oxygen atoms in total. The smallest absolute Gasteiger partial charge is 0.270 e. The van der Waals surface area contributed by atoms with Gasteiger partial charge in [0.1, 0.15) is 11.5 Å². The molecule has 26 heavy (non-hydrogen) atoms. The lowest BCUT2D eigenvalue weighted by atomic mass is 9.99. The lowest BCUT2D eigenvalue weighted by molar-refractivity contribution is -0.129. The fraction of sp³-hybridized carbons (Fsp3) is 0.300. The Bertz CT molecular complexity index is 768. The maximum atomic E-state index is 13.0. The first kappa shape index (κ1) is 17.9. The molecular weight excluding hydrogens is 332 g/mol. The van der Waals surface area contributed by atoms with E-state index in [0.717, 1.165) is 12.8 Å². The number of furan rings is 1. The molecule has 6 heteroatoms. The van der Waals surface area contributed by atoms with Gasteiger partial charge in [0.15, 0.2) is 0 Å². The number of nitrogens with one attached hydrogen (secondary N) is 1. The Kier molecular flexibility index (Phi) is 5.86. The maximum Gasteiger partial charge on any atom is 0.270 e. The van der Waals surface area contributed by atoms with Crippen LogP contribution < -0.4 is 5.32 Å². The molecule has 2 amide bonds. The average Bonchev–Trinajstić information content (AvgIpc) is 3.20. The minimum Gasteiger partial charge on any atom is -0.465 e. The van der Waals surface area contributed by atoms with Gasteiger partial charge in [-0.1, -0.05) is 18.2 Å². The zero-order valence-corrected chi connectivity index (χ0v) is 14.4. The summed E-state index contributed by atoms with van der Waals surface area (Å²) in [4.78, 5) is 27.1. The molecule has 2 heterocycles. The third-order valence-corrected chi connectivity index (χ3v) is 4.41. The van der Waals surface area contributed by atoms with E-state index in [4.69, 9.17) is 4.42 Å². The number of rotatable bonds is 5. The van der Waals surface area contributed by atoms with E-state index in [1.165, 1.54) is 12.3 Å². The van der Waals surface area contributed by atoms with Crippen LogP contribution in [0, 0.1) is 5.92 Å². The number of aliphatic hydroxyl groups is 1. The average molecular weight is 354 g/mol. The highest BCUT2D eigenvalue weighted by Gasteiger charge is 2.26. The summed E-state index contributed by atoms with van der Waals surface area (Å²) in [7, 11) is 0. The second-order valence-corrected chi connectivity index (χ2v) is 6.34. The van der Waals surface area contributed by atoms with E-state index < -0.39 is 0 Å². The molecule has 0 radical (unpaired) electrons. The Morgan fingerprint density at radius 2 is 2.04 bits per heavy atom. The van der Waals surface area contributed by atoms with E-state index in [0.29, 0.717) is 24.4 Å². The second-order valence-electron chi connectivity index (χ2n) is 6.34. The van der Waals surface area contributed by atoms with Crippen LogP contribution in [0.5, 0.6) is 0 Å². The highest BCUT2D eigenvalue weighted by atomic mass is 16.3. The molecule has 1 aliphatic rings. The maximum absolute atomic E-state index is 13.0. The molecule has 2 N–H and O–H groups in total. The summed E-state index contributed by atoms with van der Waals surface area (Å²) in [6, 6.07) is 12.2. The largest absolute Gasteiger partial charge is 0.465 e. The van der Waals surface area contributed by atoms with E-state index in [9.17, 15) is 14.7 Å². The highest BCUT2D eigenvalue weighted by molar-refractivity contribution is 6.05. The fourth-order valence-electron chi connectivity index (χ4n) is 3.02. The van der Waals surface area contributed by atoms with E-state index in [-0.39, 0.29) is 30.0 Å². The fourth-order valence-corrected chi connectivity index (χ4v) is 3.02. The van der Waals surface area contributed by atoms with Gasteiger partial charge in [0, 0.05) is 31.3 Å². The predicted molar refractivity (Wildman–Crippen MR) is 97.0 cm³/mol. The van der Waals surface area contributed by atoms with Gasteiger partial charge in [-0.15, -0.1) is 0 Å². The number of carbonyl (C=O) groups excluding carboxylic acids is 2. The van der Waals surface area contributed by atoms with Crippen molar-refractivity contribution >= 4 is 17.9 Å². The van der Waals surface area contributed by atoms with Gasteiger partial charge in [0.25, 0.3) is 11.8 Å². The van der Waals surface area contributed by atoms with Crippen molar-refractivity contribution in [2.45, 2.75) is 12.8 Å². The van der Waals surface area contributed by atoms with Gasteiger partial charge in [-0.05, 0) is 43.0 Å². The number of carbonyl (C=O) groups is 2. The van der Waals surface area contributed by atoms with Gasteiger partial charge in [0.05, 0.1) is 6.26 Å². The number of nitrogens with zero attached hydrogens (tertiary/aromatic N) is 1. The van der Waals surface area contributed by atoms with Crippen molar-refractivity contribution in [3.8, 4) is 0 Å². The minimum absolute atomic E-state index is 0.0530. The number of amides is 2. The number of hydrogen-bond acceptors (Lipinski definition) is 4. The first-order valence-electron chi connectivity index (χ1n) is 8.69. The van der Waals surface area contributed by atoms with Gasteiger partial charge in [-0.2, -0.15) is 0 Å². The van der Waals surface area contributed by atoms with Crippen molar-refractivity contribution in [1.29, 1.82) is 0 Å². The topological polar surface area (TPSA) is 82.8 Å². The molecule has 136 valence electrons. The Balaban J connectivity index is 1.81. The van der Waals surface area contributed by atoms with Gasteiger partial charge in [-0.3, -0.25) is 9.59 Å². The summed E-state index contributed by atoms with van der Waals surface area (Å²) < 4.78 is 5.29. The monoisotopic (exact) mass is 354 g/mol. The van der Waals surface area contributed by atoms with Crippen molar-refractivity contribution in [3.05, 3.63) is 65.7 Å². The van der Waals surface area contributed by atoms with Gasteiger partial charge in [-0.25, -0.2) is 0 Å². The van der Waals surface area contributed by atoms with E-state index in [2.05, 4.69) is 5.32 Å². The van der Waals surface area contributed by atoms with E-state index >= 15 is 0 Å². The second kappa shape index (κ2) is 8.49. The quantitative estimate of drug-likeness (QED) is 0.807. The SMILES string of the molecule is O=C(N/C(=C\c1ccco1)C(=O)N1CCC[C@@H](CO)C1)c1ccccc1. The van der Waals surface area contributed by atoms with Crippen LogP contribution in [0.2, 0.25) is 0 Å². The Morgan fingerprint density at radius 1 is 1.23 bits per heavy atom. The molecule has 1 aromatic carbocycles. The zero-order valence-electron chi connectivity index (χ0n) is 14.4. The Hall–Kier alpha value is -2.86. The van der Waals surface area contributed by atoms with Gasteiger partial charge < -0.3 is 19.7 Å². The lowest BCUT2D eigenvalue weighted by Gasteiger charge is -2.32. The van der Waals surface area contributed by atoms with Crippen LogP contribution in [-0.4, -0.2) is 41.5 Å². The highest BCUT2D eigenvalue weighted by Crippen LogP contribution is 2.18. The summed E-state index contributed by atoms with van der Waals surface area (Å²) in [5.74, 6) is -0.0730. The summed E-state index contributed by atoms with van der Waals surface area (Å²) in [5, 5.41) is 12.1. The van der Waals surface area contributed by atoms with E-state index in [1.54, 1.807) is 41.3 Å². The first-order chi connectivity index (χ1) is 12.7. The van der Waals surface area contributed by atoms with Crippen molar-refractivity contribution < 1.29 is 19.1 Å². The molecule has 0 saturated carbocycles. The van der Waals surface area contributed by atoms with Crippen LogP contribution in [0.3, 0.4) is 0 Å².